The van der Waals surface area contributed by atoms with Crippen molar-refractivity contribution in [1.82, 2.24) is 15.1 Å². The third kappa shape index (κ3) is 9.25. The molecule has 0 saturated carbocycles. The number of carboxylic acid groups (broad SMARTS) is 1. The molecular weight excluding hydrogens is 440 g/mol. The van der Waals surface area contributed by atoms with Gasteiger partial charge in [-0.2, -0.15) is 12.6 Å². The zero-order chi connectivity index (χ0) is 23.8. The molecule has 0 aromatic rings. The summed E-state index contributed by atoms with van der Waals surface area (Å²) >= 11 is 4.27. The van der Waals surface area contributed by atoms with Crippen molar-refractivity contribution in [2.75, 3.05) is 44.4 Å². The number of nitrogens with two attached hydrogens (primary N) is 1. The average Bonchev–Trinajstić information content (AvgIpc) is 3.16. The molecule has 1 aliphatic heterocycles. The van der Waals surface area contributed by atoms with Crippen molar-refractivity contribution in [1.29, 1.82) is 0 Å². The molecule has 0 spiro atoms. The van der Waals surface area contributed by atoms with E-state index in [1.165, 1.54) is 0 Å². The monoisotopic (exact) mass is 480 g/mol. The average molecular weight is 481 g/mol. The second-order valence-electron chi connectivity index (χ2n) is 8.94. The number of carbonyl (C=O) groups excluding carboxylic acids is 1. The summed E-state index contributed by atoms with van der Waals surface area (Å²) in [7, 11) is -1.25. The Morgan fingerprint density at radius 3 is 2.58 bits per heavy atom. The van der Waals surface area contributed by atoms with Crippen LogP contribution >= 0.6 is 12.6 Å². The number of rotatable bonds is 14. The van der Waals surface area contributed by atoms with Crippen LogP contribution in [0.4, 0.5) is 0 Å². The van der Waals surface area contributed by atoms with Crippen LogP contribution in [0.3, 0.4) is 0 Å². The molecule has 1 rings (SSSR count). The van der Waals surface area contributed by atoms with Gasteiger partial charge in [0.2, 0.25) is 5.91 Å². The molecule has 9 nitrogen and oxygen atoms in total. The van der Waals surface area contributed by atoms with Gasteiger partial charge in [-0.25, -0.2) is 13.2 Å². The van der Waals surface area contributed by atoms with E-state index in [2.05, 4.69) is 48.6 Å². The van der Waals surface area contributed by atoms with Crippen molar-refractivity contribution in [3.8, 4) is 0 Å². The van der Waals surface area contributed by atoms with Gasteiger partial charge in [-0.3, -0.25) is 14.6 Å². The summed E-state index contributed by atoms with van der Waals surface area (Å²) in [6.07, 6.45) is 4.21. The number of thiol groups is 1. The molecule has 1 aliphatic rings. The Morgan fingerprint density at radius 2 is 2.06 bits per heavy atom. The van der Waals surface area contributed by atoms with Crippen LogP contribution in [0.5, 0.6) is 0 Å². The second-order valence-corrected chi connectivity index (χ2v) is 11.6. The number of amides is 1. The van der Waals surface area contributed by atoms with Crippen LogP contribution < -0.4 is 11.1 Å². The maximum Gasteiger partial charge on any atom is 0.326 e. The van der Waals surface area contributed by atoms with Crippen LogP contribution in [0.2, 0.25) is 0 Å². The second kappa shape index (κ2) is 12.4. The standard InChI is InChI=1S/C20H40N4O5S2/c1-5-20(2,23(3)13-15(21)14-30)9-11-24-10-6-7-17(24)18(25)22-16(19(26)27)8-12-31(4,28)29/h15-17,30H,5-14,21H2,1-4H3,(H,22,25)(H,26,27)/t15-,16?,17?,20-/m0/s1. The first-order valence-corrected chi connectivity index (χ1v) is 13.5. The van der Waals surface area contributed by atoms with E-state index in [0.29, 0.717) is 18.7 Å². The Hall–Kier alpha value is -0.880. The molecule has 0 radical (unpaired) electrons. The lowest BCUT2D eigenvalue weighted by Gasteiger charge is -2.41. The third-order valence-corrected chi connectivity index (χ3v) is 7.87. The lowest BCUT2D eigenvalue weighted by Crippen LogP contribution is -2.53. The highest BCUT2D eigenvalue weighted by molar-refractivity contribution is 7.90. The minimum absolute atomic E-state index is 0.00981. The molecule has 0 bridgehead atoms. The zero-order valence-corrected chi connectivity index (χ0v) is 20.9. The predicted octanol–water partition coefficient (Wildman–Crippen LogP) is 0.203. The van der Waals surface area contributed by atoms with E-state index in [9.17, 15) is 23.1 Å². The topological polar surface area (TPSA) is 133 Å². The number of carbonyl (C=O) groups is 2. The molecule has 1 heterocycles. The SMILES string of the molecule is CC[C@@](C)(CCN1CCCC1C(=O)NC(CCS(C)(=O)=O)C(=O)O)N(C)C[C@H](N)CS. The molecule has 1 amide bonds. The van der Waals surface area contributed by atoms with Crippen molar-refractivity contribution >= 4 is 34.3 Å². The van der Waals surface area contributed by atoms with E-state index in [0.717, 1.165) is 38.6 Å². The minimum atomic E-state index is -3.31. The van der Waals surface area contributed by atoms with Crippen molar-refractivity contribution < 1.29 is 23.1 Å². The van der Waals surface area contributed by atoms with Crippen LogP contribution in [0, 0.1) is 0 Å². The Morgan fingerprint density at radius 1 is 1.42 bits per heavy atom. The summed E-state index contributed by atoms with van der Waals surface area (Å²) in [5, 5.41) is 11.9. The number of sulfone groups is 1. The smallest absolute Gasteiger partial charge is 0.326 e. The summed E-state index contributed by atoms with van der Waals surface area (Å²) in [4.78, 5) is 28.7. The zero-order valence-electron chi connectivity index (χ0n) is 19.2. The molecule has 4 N–H and O–H groups in total. The van der Waals surface area contributed by atoms with Crippen LogP contribution in [0.15, 0.2) is 0 Å². The van der Waals surface area contributed by atoms with E-state index < -0.39 is 27.9 Å². The Bertz CT molecular complexity index is 706. The molecule has 1 saturated heterocycles. The van der Waals surface area contributed by atoms with Crippen LogP contribution in [-0.4, -0.2) is 103 Å². The van der Waals surface area contributed by atoms with Crippen molar-refractivity contribution in [3.63, 3.8) is 0 Å². The molecule has 4 atom stereocenters. The first-order chi connectivity index (χ1) is 14.3. The molecule has 11 heteroatoms. The van der Waals surface area contributed by atoms with E-state index >= 15 is 0 Å². The maximum atomic E-state index is 12.8. The van der Waals surface area contributed by atoms with Gasteiger partial charge in [0.15, 0.2) is 0 Å². The van der Waals surface area contributed by atoms with Gasteiger partial charge in [0, 0.05) is 36.7 Å². The number of aliphatic carboxylic acids is 1. The van der Waals surface area contributed by atoms with Crippen molar-refractivity contribution in [3.05, 3.63) is 0 Å². The summed E-state index contributed by atoms with van der Waals surface area (Å²) in [5.41, 5.74) is 5.98. The van der Waals surface area contributed by atoms with Gasteiger partial charge in [-0.15, -0.1) is 0 Å². The van der Waals surface area contributed by atoms with Gasteiger partial charge in [0.1, 0.15) is 15.9 Å². The normalized spacial score (nSPS) is 21.6. The fourth-order valence-electron chi connectivity index (χ4n) is 3.90. The van der Waals surface area contributed by atoms with E-state index in [4.69, 9.17) is 5.73 Å². The quantitative estimate of drug-likeness (QED) is 0.259. The lowest BCUT2D eigenvalue weighted by atomic mass is 9.91. The summed E-state index contributed by atoms with van der Waals surface area (Å²) in [5.74, 6) is -1.24. The summed E-state index contributed by atoms with van der Waals surface area (Å²) in [6.45, 7) is 6.55. The molecule has 31 heavy (non-hydrogen) atoms. The Balaban J connectivity index is 2.73. The highest BCUT2D eigenvalue weighted by Crippen LogP contribution is 2.26. The van der Waals surface area contributed by atoms with Gasteiger partial charge in [0.05, 0.1) is 11.8 Å². The molecule has 1 fully saturated rings. The number of hydrogen-bond acceptors (Lipinski definition) is 8. The van der Waals surface area contributed by atoms with E-state index in [1.54, 1.807) is 0 Å². The van der Waals surface area contributed by atoms with Gasteiger partial charge in [0.25, 0.3) is 0 Å². The van der Waals surface area contributed by atoms with Crippen molar-refractivity contribution in [2.24, 2.45) is 5.73 Å². The minimum Gasteiger partial charge on any atom is -0.480 e. The number of nitrogens with zero attached hydrogens (tertiary/aromatic N) is 2. The number of carboxylic acids is 1. The number of nitrogens with one attached hydrogen (secondary N) is 1. The van der Waals surface area contributed by atoms with Crippen molar-refractivity contribution in [2.45, 2.75) is 69.6 Å². The van der Waals surface area contributed by atoms with Gasteiger partial charge in [-0.05, 0) is 52.6 Å². The molecule has 2 unspecified atom stereocenters. The molecule has 0 aliphatic carbocycles. The largest absolute Gasteiger partial charge is 0.480 e. The fraction of sp³-hybridized carbons (Fsp3) is 0.900. The lowest BCUT2D eigenvalue weighted by molar-refractivity contribution is -0.142. The molecule has 182 valence electrons. The number of likely N-dealkylation sites (tertiary alicyclic amines) is 1. The maximum absolute atomic E-state index is 12.8. The van der Waals surface area contributed by atoms with E-state index in [1.807, 2.05) is 0 Å². The highest BCUT2D eigenvalue weighted by Gasteiger charge is 2.35. The Labute approximate surface area is 192 Å². The Kier molecular flexibility index (Phi) is 11.2. The van der Waals surface area contributed by atoms with Crippen LogP contribution in [0.25, 0.3) is 0 Å². The van der Waals surface area contributed by atoms with Gasteiger partial charge >= 0.3 is 5.97 Å². The first kappa shape index (κ1) is 28.2. The first-order valence-electron chi connectivity index (χ1n) is 10.9. The van der Waals surface area contributed by atoms with Crippen LogP contribution in [0.1, 0.15) is 46.0 Å². The third-order valence-electron chi connectivity index (χ3n) is 6.42. The molecule has 0 aromatic heterocycles. The fourth-order valence-corrected chi connectivity index (χ4v) is 4.68. The number of hydrogen-bond donors (Lipinski definition) is 4. The molecular formula is C20H40N4O5S2. The van der Waals surface area contributed by atoms with Crippen LogP contribution in [-0.2, 0) is 19.4 Å². The predicted molar refractivity (Wildman–Crippen MR) is 126 cm³/mol. The summed E-state index contributed by atoms with van der Waals surface area (Å²) < 4.78 is 22.7. The van der Waals surface area contributed by atoms with E-state index in [-0.39, 0.29) is 29.7 Å². The summed E-state index contributed by atoms with van der Waals surface area (Å²) in [6, 6.07) is -1.62. The van der Waals surface area contributed by atoms with Gasteiger partial charge < -0.3 is 16.2 Å². The highest BCUT2D eigenvalue weighted by atomic mass is 32.2. The van der Waals surface area contributed by atoms with Gasteiger partial charge in [-0.1, -0.05) is 6.92 Å². The number of likely N-dealkylation sites (N-methyl/N-ethyl adjacent to an activating group) is 1. The molecule has 0 aromatic carbocycles.